The molecular weight excluding hydrogens is 222 g/mol. The molecule has 17 heavy (non-hydrogen) atoms. The Morgan fingerprint density at radius 3 is 3.06 bits per heavy atom. The van der Waals surface area contributed by atoms with Gasteiger partial charge in [0.15, 0.2) is 0 Å². The van der Waals surface area contributed by atoms with Crippen LogP contribution in [-0.2, 0) is 4.74 Å². The van der Waals surface area contributed by atoms with Crippen LogP contribution in [-0.4, -0.2) is 30.8 Å². The fraction of sp³-hybridized carbons (Fsp3) is 0.455. The van der Waals surface area contributed by atoms with Crippen molar-refractivity contribution in [3.63, 3.8) is 0 Å². The number of hydrogen-bond acceptors (Lipinski definition) is 3. The van der Waals surface area contributed by atoms with Crippen LogP contribution < -0.4 is 16.2 Å². The monoisotopic (exact) mass is 239 g/mol. The van der Waals surface area contributed by atoms with Gasteiger partial charge in [-0.25, -0.2) is 4.79 Å². The van der Waals surface area contributed by atoms with E-state index in [1.165, 1.54) is 6.20 Å². The summed E-state index contributed by atoms with van der Waals surface area (Å²) in [4.78, 5) is 25.1. The molecule has 1 heterocycles. The molecule has 0 saturated heterocycles. The van der Waals surface area contributed by atoms with E-state index in [1.54, 1.807) is 12.1 Å². The molecule has 3 N–H and O–H groups in total. The summed E-state index contributed by atoms with van der Waals surface area (Å²) in [6.07, 6.45) is 2.25. The lowest BCUT2D eigenvalue weighted by Gasteiger charge is -2.06. The van der Waals surface area contributed by atoms with E-state index in [2.05, 4.69) is 15.6 Å². The van der Waals surface area contributed by atoms with Crippen molar-refractivity contribution >= 4 is 11.7 Å². The Balaban J connectivity index is 2.26. The van der Waals surface area contributed by atoms with Crippen LogP contribution in [0.5, 0.6) is 0 Å². The summed E-state index contributed by atoms with van der Waals surface area (Å²) in [5.41, 5.74) is -0.0909. The molecule has 0 aliphatic carbocycles. The molecule has 6 heteroatoms. The van der Waals surface area contributed by atoms with E-state index < -0.39 is 6.03 Å². The molecule has 0 aliphatic heterocycles. The van der Waals surface area contributed by atoms with Gasteiger partial charge in [0.1, 0.15) is 5.69 Å². The lowest BCUT2D eigenvalue weighted by molar-refractivity contribution is 0.145. The first-order valence-electron chi connectivity index (χ1n) is 5.54. The SMILES string of the molecule is CCOCCCNC(=O)Nc1ccc[nH]c1=O. The number of nitrogens with one attached hydrogen (secondary N) is 3. The first-order valence-corrected chi connectivity index (χ1v) is 5.54. The quantitative estimate of drug-likeness (QED) is 0.645. The Bertz CT molecular complexity index is 403. The highest BCUT2D eigenvalue weighted by Crippen LogP contribution is 1.95. The molecule has 0 bridgehead atoms. The number of H-pyrrole nitrogens is 1. The highest BCUT2D eigenvalue weighted by atomic mass is 16.5. The van der Waals surface area contributed by atoms with Crippen LogP contribution in [0, 0.1) is 0 Å². The Morgan fingerprint density at radius 1 is 1.53 bits per heavy atom. The molecule has 0 unspecified atom stereocenters. The van der Waals surface area contributed by atoms with Gasteiger partial charge < -0.3 is 20.4 Å². The predicted octanol–water partition coefficient (Wildman–Crippen LogP) is 0.923. The van der Waals surface area contributed by atoms with Crippen LogP contribution in [0.4, 0.5) is 10.5 Å². The van der Waals surface area contributed by atoms with Gasteiger partial charge >= 0.3 is 6.03 Å². The summed E-state index contributed by atoms with van der Waals surface area (Å²) in [5.74, 6) is 0. The van der Waals surface area contributed by atoms with Crippen LogP contribution in [0.2, 0.25) is 0 Å². The zero-order valence-electron chi connectivity index (χ0n) is 9.79. The number of aromatic amines is 1. The minimum atomic E-state index is -0.391. The molecule has 2 amide bonds. The summed E-state index contributed by atoms with van der Waals surface area (Å²) < 4.78 is 5.13. The van der Waals surface area contributed by atoms with E-state index in [4.69, 9.17) is 4.74 Å². The van der Waals surface area contributed by atoms with Crippen LogP contribution in [0.25, 0.3) is 0 Å². The smallest absolute Gasteiger partial charge is 0.319 e. The van der Waals surface area contributed by atoms with E-state index in [0.29, 0.717) is 19.8 Å². The molecule has 0 spiro atoms. The number of anilines is 1. The van der Waals surface area contributed by atoms with Gasteiger partial charge in [-0.2, -0.15) is 0 Å². The van der Waals surface area contributed by atoms with Crippen molar-refractivity contribution in [3.05, 3.63) is 28.7 Å². The van der Waals surface area contributed by atoms with Crippen molar-refractivity contribution in [2.24, 2.45) is 0 Å². The second kappa shape index (κ2) is 7.45. The molecular formula is C11H17N3O3. The number of ether oxygens (including phenoxy) is 1. The lowest BCUT2D eigenvalue weighted by Crippen LogP contribution is -2.32. The Labute approximate surface area is 99.4 Å². The zero-order chi connectivity index (χ0) is 12.5. The zero-order valence-corrected chi connectivity index (χ0v) is 9.79. The third-order valence-electron chi connectivity index (χ3n) is 2.02. The van der Waals surface area contributed by atoms with Gasteiger partial charge in [-0.3, -0.25) is 4.79 Å². The third kappa shape index (κ3) is 5.17. The van der Waals surface area contributed by atoms with Crippen LogP contribution >= 0.6 is 0 Å². The van der Waals surface area contributed by atoms with E-state index >= 15 is 0 Å². The minimum absolute atomic E-state index is 0.231. The van der Waals surface area contributed by atoms with Gasteiger partial charge in [0.2, 0.25) is 0 Å². The molecule has 6 nitrogen and oxygen atoms in total. The Hall–Kier alpha value is -1.82. The van der Waals surface area contributed by atoms with E-state index in [-0.39, 0.29) is 11.2 Å². The van der Waals surface area contributed by atoms with Crippen molar-refractivity contribution in [3.8, 4) is 0 Å². The van der Waals surface area contributed by atoms with Gasteiger partial charge in [-0.1, -0.05) is 0 Å². The summed E-state index contributed by atoms with van der Waals surface area (Å²) in [7, 11) is 0. The number of aromatic nitrogens is 1. The second-order valence-corrected chi connectivity index (χ2v) is 3.34. The van der Waals surface area contributed by atoms with E-state index in [1.807, 2.05) is 6.92 Å². The van der Waals surface area contributed by atoms with Crippen LogP contribution in [0.15, 0.2) is 23.1 Å². The van der Waals surface area contributed by atoms with Crippen molar-refractivity contribution in [1.29, 1.82) is 0 Å². The second-order valence-electron chi connectivity index (χ2n) is 3.34. The highest BCUT2D eigenvalue weighted by molar-refractivity contribution is 5.88. The van der Waals surface area contributed by atoms with E-state index in [0.717, 1.165) is 6.42 Å². The maximum Gasteiger partial charge on any atom is 0.319 e. The van der Waals surface area contributed by atoms with Crippen LogP contribution in [0.3, 0.4) is 0 Å². The third-order valence-corrected chi connectivity index (χ3v) is 2.02. The Kier molecular flexibility index (Phi) is 5.81. The van der Waals surface area contributed by atoms with Gasteiger partial charge in [0.05, 0.1) is 0 Å². The van der Waals surface area contributed by atoms with Crippen LogP contribution in [0.1, 0.15) is 13.3 Å². The largest absolute Gasteiger partial charge is 0.382 e. The first kappa shape index (κ1) is 13.2. The maximum atomic E-state index is 11.4. The molecule has 0 aromatic carbocycles. The molecule has 94 valence electrons. The maximum absolute atomic E-state index is 11.4. The first-order chi connectivity index (χ1) is 8.24. The molecule has 0 atom stereocenters. The molecule has 0 radical (unpaired) electrons. The molecule has 1 aromatic heterocycles. The summed E-state index contributed by atoms with van der Waals surface area (Å²) in [6.45, 7) is 3.71. The predicted molar refractivity (Wildman–Crippen MR) is 65.2 cm³/mol. The highest BCUT2D eigenvalue weighted by Gasteiger charge is 2.03. The van der Waals surface area contributed by atoms with Crippen molar-refractivity contribution in [2.45, 2.75) is 13.3 Å². The Morgan fingerprint density at radius 2 is 2.35 bits per heavy atom. The fourth-order valence-corrected chi connectivity index (χ4v) is 1.21. The van der Waals surface area contributed by atoms with Gasteiger partial charge in [-0.05, 0) is 25.5 Å². The number of pyridine rings is 1. The summed E-state index contributed by atoms with van der Waals surface area (Å²) in [5, 5.41) is 5.10. The number of amides is 2. The molecule has 1 rings (SSSR count). The molecule has 0 aliphatic rings. The molecule has 0 fully saturated rings. The summed E-state index contributed by atoms with van der Waals surface area (Å²) >= 11 is 0. The number of carbonyl (C=O) groups is 1. The van der Waals surface area contributed by atoms with Crippen molar-refractivity contribution in [2.75, 3.05) is 25.1 Å². The topological polar surface area (TPSA) is 83.2 Å². The number of hydrogen-bond donors (Lipinski definition) is 3. The van der Waals surface area contributed by atoms with Crippen molar-refractivity contribution in [1.82, 2.24) is 10.3 Å². The minimum Gasteiger partial charge on any atom is -0.382 e. The van der Waals surface area contributed by atoms with Crippen molar-refractivity contribution < 1.29 is 9.53 Å². The lowest BCUT2D eigenvalue weighted by atomic mass is 10.4. The standard InChI is InChI=1S/C11H17N3O3/c1-2-17-8-4-7-13-11(16)14-9-5-3-6-12-10(9)15/h3,5-6H,2,4,7-8H2,1H3,(H,12,15)(H2,13,14,16). The normalized spacial score (nSPS) is 9.94. The van der Waals surface area contributed by atoms with Gasteiger partial charge in [0.25, 0.3) is 5.56 Å². The number of carbonyl (C=O) groups excluding carboxylic acids is 1. The average molecular weight is 239 g/mol. The van der Waals surface area contributed by atoms with Gasteiger partial charge in [0, 0.05) is 26.0 Å². The fourth-order valence-electron chi connectivity index (χ4n) is 1.21. The molecule has 1 aromatic rings. The number of rotatable bonds is 6. The number of urea groups is 1. The molecule has 0 saturated carbocycles. The summed E-state index contributed by atoms with van der Waals surface area (Å²) in [6, 6.07) is 2.79. The average Bonchev–Trinajstić information content (AvgIpc) is 2.32. The van der Waals surface area contributed by atoms with E-state index in [9.17, 15) is 9.59 Å². The van der Waals surface area contributed by atoms with Gasteiger partial charge in [-0.15, -0.1) is 0 Å².